The predicted molar refractivity (Wildman–Crippen MR) is 62.8 cm³/mol. The van der Waals surface area contributed by atoms with Gasteiger partial charge in [-0.1, -0.05) is 12.1 Å². The van der Waals surface area contributed by atoms with Crippen LogP contribution < -0.4 is 4.90 Å². The molecule has 2 nitrogen and oxygen atoms in total. The second-order valence-electron chi connectivity index (χ2n) is 4.65. The average molecular weight is 221 g/mol. The van der Waals surface area contributed by atoms with Gasteiger partial charge < -0.3 is 4.90 Å². The van der Waals surface area contributed by atoms with E-state index in [4.69, 9.17) is 0 Å². The van der Waals surface area contributed by atoms with Gasteiger partial charge in [-0.05, 0) is 31.9 Å². The molecule has 16 heavy (non-hydrogen) atoms. The Hall–Kier alpha value is -1.38. The monoisotopic (exact) mass is 221 g/mol. The summed E-state index contributed by atoms with van der Waals surface area (Å²) in [7, 11) is 0. The van der Waals surface area contributed by atoms with Crippen molar-refractivity contribution in [3.63, 3.8) is 0 Å². The molecule has 1 saturated heterocycles. The van der Waals surface area contributed by atoms with E-state index in [2.05, 4.69) is 0 Å². The Morgan fingerprint density at radius 3 is 3.00 bits per heavy atom. The maximum Gasteiger partial charge on any atom is 0.150 e. The van der Waals surface area contributed by atoms with Crippen molar-refractivity contribution in [1.29, 1.82) is 0 Å². The van der Waals surface area contributed by atoms with Crippen LogP contribution in [0.1, 0.15) is 30.1 Å². The minimum Gasteiger partial charge on any atom is -0.368 e. The number of carbonyl (C=O) groups is 1. The fourth-order valence-corrected chi connectivity index (χ4v) is 2.21. The molecule has 1 heterocycles. The fraction of sp³-hybridized carbons (Fsp3) is 0.462. The SMILES string of the molecule is CC1(F)CCCN(c2cccc(C=O)c2)C1. The van der Waals surface area contributed by atoms with Gasteiger partial charge in [-0.2, -0.15) is 0 Å². The molecule has 1 aromatic rings. The summed E-state index contributed by atoms with van der Waals surface area (Å²) >= 11 is 0. The highest BCUT2D eigenvalue weighted by Gasteiger charge is 2.30. The molecule has 0 aromatic heterocycles. The summed E-state index contributed by atoms with van der Waals surface area (Å²) in [6, 6.07) is 7.33. The van der Waals surface area contributed by atoms with Gasteiger partial charge in [-0.3, -0.25) is 4.79 Å². The molecule has 3 heteroatoms. The summed E-state index contributed by atoms with van der Waals surface area (Å²) in [6.07, 6.45) is 2.30. The fourth-order valence-electron chi connectivity index (χ4n) is 2.21. The van der Waals surface area contributed by atoms with Crippen LogP contribution in [0.2, 0.25) is 0 Å². The smallest absolute Gasteiger partial charge is 0.150 e. The first-order valence-corrected chi connectivity index (χ1v) is 5.60. The molecule has 1 aliphatic heterocycles. The van der Waals surface area contributed by atoms with Crippen LogP contribution in [0.25, 0.3) is 0 Å². The highest BCUT2D eigenvalue weighted by atomic mass is 19.1. The Morgan fingerprint density at radius 1 is 1.50 bits per heavy atom. The molecule has 0 radical (unpaired) electrons. The van der Waals surface area contributed by atoms with Crippen LogP contribution in [0.5, 0.6) is 0 Å². The van der Waals surface area contributed by atoms with Gasteiger partial charge in [0.1, 0.15) is 12.0 Å². The predicted octanol–water partition coefficient (Wildman–Crippen LogP) is 2.83. The standard InChI is InChI=1S/C13H16FNO/c1-13(14)6-3-7-15(10-13)12-5-2-4-11(8-12)9-16/h2,4-5,8-9H,3,6-7,10H2,1H3. The zero-order chi connectivity index (χ0) is 11.6. The summed E-state index contributed by atoms with van der Waals surface area (Å²) in [5.74, 6) is 0. The number of hydrogen-bond donors (Lipinski definition) is 0. The number of halogens is 1. The topological polar surface area (TPSA) is 20.3 Å². The molecule has 0 amide bonds. The highest BCUT2D eigenvalue weighted by Crippen LogP contribution is 2.28. The molecule has 0 saturated carbocycles. The maximum atomic E-state index is 13.9. The minimum atomic E-state index is -1.12. The molecule has 86 valence electrons. The molecule has 1 aliphatic rings. The van der Waals surface area contributed by atoms with E-state index < -0.39 is 5.67 Å². The van der Waals surface area contributed by atoms with E-state index in [0.29, 0.717) is 18.5 Å². The lowest BCUT2D eigenvalue weighted by Gasteiger charge is -2.36. The number of rotatable bonds is 2. The molecular formula is C13H16FNO. The van der Waals surface area contributed by atoms with E-state index in [0.717, 1.165) is 24.9 Å². The Balaban J connectivity index is 2.20. The maximum absolute atomic E-state index is 13.9. The summed E-state index contributed by atoms with van der Waals surface area (Å²) in [5, 5.41) is 0. The number of piperidine rings is 1. The van der Waals surface area contributed by atoms with Crippen LogP contribution >= 0.6 is 0 Å². The summed E-state index contributed by atoms with van der Waals surface area (Å²) in [5.41, 5.74) is 0.465. The molecule has 2 rings (SSSR count). The normalized spacial score (nSPS) is 25.5. The van der Waals surface area contributed by atoms with Crippen LogP contribution in [0, 0.1) is 0 Å². The number of hydrogen-bond acceptors (Lipinski definition) is 2. The van der Waals surface area contributed by atoms with E-state index >= 15 is 0 Å². The van der Waals surface area contributed by atoms with Crippen LogP contribution in [0.3, 0.4) is 0 Å². The van der Waals surface area contributed by atoms with Crippen molar-refractivity contribution in [1.82, 2.24) is 0 Å². The molecule has 1 atom stereocenters. The second kappa shape index (κ2) is 4.24. The number of benzene rings is 1. The summed E-state index contributed by atoms with van der Waals surface area (Å²) in [4.78, 5) is 12.7. The Kier molecular flexibility index (Phi) is 2.95. The van der Waals surface area contributed by atoms with E-state index in [9.17, 15) is 9.18 Å². The average Bonchev–Trinajstić information content (AvgIpc) is 2.28. The van der Waals surface area contributed by atoms with Gasteiger partial charge in [0.2, 0.25) is 0 Å². The number of anilines is 1. The van der Waals surface area contributed by atoms with E-state index in [1.165, 1.54) is 0 Å². The second-order valence-corrected chi connectivity index (χ2v) is 4.65. The molecule has 0 bridgehead atoms. The highest BCUT2D eigenvalue weighted by molar-refractivity contribution is 5.77. The van der Waals surface area contributed by atoms with Crippen molar-refractivity contribution in [3.8, 4) is 0 Å². The van der Waals surface area contributed by atoms with Gasteiger partial charge in [0.05, 0.1) is 6.54 Å². The van der Waals surface area contributed by atoms with E-state index in [1.54, 1.807) is 13.0 Å². The van der Waals surface area contributed by atoms with Gasteiger partial charge in [0.25, 0.3) is 0 Å². The van der Waals surface area contributed by atoms with Crippen LogP contribution in [-0.2, 0) is 0 Å². The lowest BCUT2D eigenvalue weighted by Crippen LogP contribution is -2.43. The lowest BCUT2D eigenvalue weighted by atomic mass is 9.96. The van der Waals surface area contributed by atoms with Crippen molar-refractivity contribution in [3.05, 3.63) is 29.8 Å². The third-order valence-electron chi connectivity index (χ3n) is 3.02. The molecule has 0 N–H and O–H groups in total. The first-order valence-electron chi connectivity index (χ1n) is 5.60. The first kappa shape index (κ1) is 11.1. The van der Waals surface area contributed by atoms with Gasteiger partial charge in [-0.15, -0.1) is 0 Å². The largest absolute Gasteiger partial charge is 0.368 e. The third-order valence-corrected chi connectivity index (χ3v) is 3.02. The molecule has 0 aliphatic carbocycles. The molecule has 1 aromatic carbocycles. The van der Waals surface area contributed by atoms with Crippen LogP contribution in [0.15, 0.2) is 24.3 Å². The number of aldehydes is 1. The zero-order valence-electron chi connectivity index (χ0n) is 9.45. The molecule has 0 spiro atoms. The van der Waals surface area contributed by atoms with Crippen molar-refractivity contribution < 1.29 is 9.18 Å². The lowest BCUT2D eigenvalue weighted by molar-refractivity contribution is 0.112. The van der Waals surface area contributed by atoms with Crippen molar-refractivity contribution in [2.75, 3.05) is 18.0 Å². The van der Waals surface area contributed by atoms with Gasteiger partial charge >= 0.3 is 0 Å². The molecule has 1 fully saturated rings. The summed E-state index contributed by atoms with van der Waals surface area (Å²) in [6.45, 7) is 2.92. The summed E-state index contributed by atoms with van der Waals surface area (Å²) < 4.78 is 13.9. The van der Waals surface area contributed by atoms with Crippen molar-refractivity contribution >= 4 is 12.0 Å². The quantitative estimate of drug-likeness (QED) is 0.716. The Labute approximate surface area is 95.1 Å². The minimum absolute atomic E-state index is 0.412. The number of alkyl halides is 1. The van der Waals surface area contributed by atoms with Gasteiger partial charge in [0.15, 0.2) is 0 Å². The molecule has 1 unspecified atom stereocenters. The number of nitrogens with zero attached hydrogens (tertiary/aromatic N) is 1. The van der Waals surface area contributed by atoms with Gasteiger partial charge in [0, 0.05) is 17.8 Å². The molecular weight excluding hydrogens is 205 g/mol. The van der Waals surface area contributed by atoms with E-state index in [-0.39, 0.29) is 0 Å². The first-order chi connectivity index (χ1) is 7.61. The van der Waals surface area contributed by atoms with Crippen molar-refractivity contribution in [2.45, 2.75) is 25.4 Å². The van der Waals surface area contributed by atoms with Crippen LogP contribution in [0.4, 0.5) is 10.1 Å². The Bertz CT molecular complexity index is 389. The van der Waals surface area contributed by atoms with Crippen LogP contribution in [-0.4, -0.2) is 25.0 Å². The zero-order valence-corrected chi connectivity index (χ0v) is 9.45. The van der Waals surface area contributed by atoms with E-state index in [1.807, 2.05) is 23.1 Å². The number of carbonyl (C=O) groups excluding carboxylic acids is 1. The van der Waals surface area contributed by atoms with Crippen molar-refractivity contribution in [2.24, 2.45) is 0 Å². The van der Waals surface area contributed by atoms with Gasteiger partial charge in [-0.25, -0.2) is 4.39 Å². The third kappa shape index (κ3) is 2.40. The Morgan fingerprint density at radius 2 is 2.31 bits per heavy atom.